The second kappa shape index (κ2) is 6.58. The predicted molar refractivity (Wildman–Crippen MR) is 74.8 cm³/mol. The van der Waals surface area contributed by atoms with Crippen LogP contribution in [0.1, 0.15) is 11.1 Å². The summed E-state index contributed by atoms with van der Waals surface area (Å²) in [7, 11) is 1.92. The molecule has 1 heterocycles. The Morgan fingerprint density at radius 1 is 1.16 bits per heavy atom. The van der Waals surface area contributed by atoms with Crippen LogP contribution in [-0.4, -0.2) is 11.9 Å². The molecule has 0 aromatic heterocycles. The average molecular weight is 319 g/mol. The van der Waals surface area contributed by atoms with E-state index < -0.39 is 0 Å². The van der Waals surface area contributed by atoms with Gasteiger partial charge in [-0.25, -0.2) is 0 Å². The number of likely N-dealkylation sites (N-methyl/N-ethyl adjacent to an activating group) is 1. The van der Waals surface area contributed by atoms with Crippen molar-refractivity contribution in [3.63, 3.8) is 0 Å². The topological polar surface area (TPSA) is 3.24 Å². The van der Waals surface area contributed by atoms with Gasteiger partial charge < -0.3 is 4.90 Å². The van der Waals surface area contributed by atoms with Crippen LogP contribution in [0.2, 0.25) is 0 Å². The average Bonchev–Trinajstić information content (AvgIpc) is 2.42. The number of nitrogens with zero attached hydrogens (tertiary/aromatic N) is 1. The molecule has 2 heteroatoms. The molecule has 1 aromatic carbocycles. The van der Waals surface area contributed by atoms with Gasteiger partial charge in [-0.05, 0) is 5.70 Å². The zero-order valence-electron chi connectivity index (χ0n) is 10.8. The number of terminal acetylenes is 2. The fraction of sp³-hybridized carbons (Fsp3) is 0.0588. The third-order valence-electron chi connectivity index (χ3n) is 2.88. The molecule has 89 valence electrons. The van der Waals surface area contributed by atoms with Crippen LogP contribution in [0.4, 0.5) is 0 Å². The molecule has 0 unspecified atom stereocenters. The van der Waals surface area contributed by atoms with E-state index in [9.17, 15) is 0 Å². The van der Waals surface area contributed by atoms with E-state index in [1.807, 2.05) is 36.2 Å². The molecule has 0 aliphatic carbocycles. The number of benzene rings is 1. The molecule has 0 amide bonds. The van der Waals surface area contributed by atoms with Crippen molar-refractivity contribution in [2.24, 2.45) is 0 Å². The Morgan fingerprint density at radius 2 is 1.79 bits per heavy atom. The minimum atomic E-state index is 0. The van der Waals surface area contributed by atoms with E-state index >= 15 is 0 Å². The first kappa shape index (κ1) is 15.5. The second-order valence-electron chi connectivity index (χ2n) is 3.92. The molecular formula is C17H12NY-. The van der Waals surface area contributed by atoms with Gasteiger partial charge in [0, 0.05) is 45.3 Å². The smallest absolute Gasteiger partial charge is 0.0222 e. The summed E-state index contributed by atoms with van der Waals surface area (Å²) in [6.45, 7) is 3.98. The molecule has 19 heavy (non-hydrogen) atoms. The molecule has 1 aromatic rings. The number of rotatable bonds is 1. The first-order chi connectivity index (χ1) is 8.67. The van der Waals surface area contributed by atoms with Crippen molar-refractivity contribution in [1.82, 2.24) is 4.90 Å². The Morgan fingerprint density at radius 3 is 2.32 bits per heavy atom. The van der Waals surface area contributed by atoms with Crippen molar-refractivity contribution in [2.45, 2.75) is 0 Å². The number of allylic oxidation sites excluding steroid dienone is 3. The maximum Gasteiger partial charge on any atom is 0.0222 e. The Bertz CT molecular complexity index is 633. The molecule has 1 aliphatic heterocycles. The summed E-state index contributed by atoms with van der Waals surface area (Å²) in [4.78, 5) is 1.93. The molecule has 0 fully saturated rings. The van der Waals surface area contributed by atoms with E-state index in [-0.39, 0.29) is 32.7 Å². The third kappa shape index (κ3) is 3.08. The van der Waals surface area contributed by atoms with E-state index in [4.69, 9.17) is 12.8 Å². The summed E-state index contributed by atoms with van der Waals surface area (Å²) >= 11 is 0. The Hall–Kier alpha value is -1.54. The zero-order valence-corrected chi connectivity index (χ0v) is 13.6. The molecule has 0 atom stereocenters. The van der Waals surface area contributed by atoms with Gasteiger partial charge in [-0.15, -0.1) is 30.9 Å². The van der Waals surface area contributed by atoms with Crippen LogP contribution >= 0.6 is 0 Å². The van der Waals surface area contributed by atoms with Crippen LogP contribution < -0.4 is 0 Å². The largest absolute Gasteiger partial charge is 0.377 e. The van der Waals surface area contributed by atoms with Crippen molar-refractivity contribution < 1.29 is 32.7 Å². The fourth-order valence-corrected chi connectivity index (χ4v) is 1.76. The summed E-state index contributed by atoms with van der Waals surface area (Å²) in [5.74, 6) is 5.19. The van der Waals surface area contributed by atoms with E-state index in [1.54, 1.807) is 6.08 Å². The van der Waals surface area contributed by atoms with E-state index in [2.05, 4.69) is 24.5 Å². The molecule has 0 bridgehead atoms. The van der Waals surface area contributed by atoms with Crippen molar-refractivity contribution >= 4 is 5.70 Å². The van der Waals surface area contributed by atoms with E-state index in [0.29, 0.717) is 0 Å². The number of hydrogen-bond acceptors (Lipinski definition) is 1. The van der Waals surface area contributed by atoms with E-state index in [1.165, 1.54) is 0 Å². The molecule has 0 saturated heterocycles. The third-order valence-corrected chi connectivity index (χ3v) is 2.88. The van der Waals surface area contributed by atoms with Gasteiger partial charge in [0.15, 0.2) is 0 Å². The van der Waals surface area contributed by atoms with Gasteiger partial charge in [0.05, 0.1) is 0 Å². The molecule has 0 spiro atoms. The van der Waals surface area contributed by atoms with Crippen LogP contribution in [0.5, 0.6) is 0 Å². The first-order valence-electron chi connectivity index (χ1n) is 5.47. The van der Waals surface area contributed by atoms with Crippen molar-refractivity contribution in [2.75, 3.05) is 7.05 Å². The zero-order chi connectivity index (χ0) is 13.1. The van der Waals surface area contributed by atoms with Gasteiger partial charge in [0.1, 0.15) is 0 Å². The maximum absolute atomic E-state index is 5.40. The van der Waals surface area contributed by atoms with Crippen LogP contribution in [0.3, 0.4) is 0 Å². The Labute approximate surface area is 140 Å². The van der Waals surface area contributed by atoms with Crippen molar-refractivity contribution in [3.8, 4) is 24.7 Å². The quantitative estimate of drug-likeness (QED) is 0.568. The normalized spacial score (nSPS) is 13.6. The van der Waals surface area contributed by atoms with Crippen LogP contribution in [0.25, 0.3) is 5.70 Å². The maximum atomic E-state index is 5.40. The molecular weight excluding hydrogens is 307 g/mol. The van der Waals surface area contributed by atoms with Crippen LogP contribution in [0.15, 0.2) is 48.2 Å². The standard InChI is InChI=1S/C17H12N.Y/c1-5-14-7-9-16(10-8-14)17-12-11-15(6-2)13(3)18(17)4;/h1-2,7-11H,3H2,4H3;/q-1;. The van der Waals surface area contributed by atoms with Crippen molar-refractivity contribution in [3.05, 3.63) is 65.4 Å². The summed E-state index contributed by atoms with van der Waals surface area (Å²) < 4.78 is 0. The summed E-state index contributed by atoms with van der Waals surface area (Å²) in [5, 5.41) is 0. The summed E-state index contributed by atoms with van der Waals surface area (Å²) in [6, 6.07) is 7.74. The molecule has 1 aliphatic rings. The Kier molecular flexibility index (Phi) is 5.37. The molecule has 1 radical (unpaired) electrons. The molecule has 1 nitrogen and oxygen atoms in total. The minimum Gasteiger partial charge on any atom is -0.377 e. The van der Waals surface area contributed by atoms with E-state index in [0.717, 1.165) is 28.1 Å². The molecule has 0 saturated carbocycles. The summed E-state index contributed by atoms with van der Waals surface area (Å²) in [6.07, 6.45) is 15.7. The van der Waals surface area contributed by atoms with Gasteiger partial charge in [-0.3, -0.25) is 0 Å². The fourth-order valence-electron chi connectivity index (χ4n) is 1.76. The van der Waals surface area contributed by atoms with Gasteiger partial charge in [-0.1, -0.05) is 41.5 Å². The molecule has 0 N–H and O–H groups in total. The monoisotopic (exact) mass is 319 g/mol. The summed E-state index contributed by atoms with van der Waals surface area (Å²) in [5.41, 5.74) is 4.37. The van der Waals surface area contributed by atoms with Gasteiger partial charge in [0.25, 0.3) is 0 Å². The second-order valence-corrected chi connectivity index (χ2v) is 3.92. The first-order valence-corrected chi connectivity index (χ1v) is 5.47. The molecule has 2 rings (SSSR count). The minimum absolute atomic E-state index is 0. The predicted octanol–water partition coefficient (Wildman–Crippen LogP) is 2.83. The van der Waals surface area contributed by atoms with Gasteiger partial charge in [-0.2, -0.15) is 12.2 Å². The van der Waals surface area contributed by atoms with Gasteiger partial charge in [0.2, 0.25) is 0 Å². The Balaban J connectivity index is 0.00000180. The van der Waals surface area contributed by atoms with Gasteiger partial charge >= 0.3 is 0 Å². The van der Waals surface area contributed by atoms with Crippen LogP contribution in [0, 0.1) is 30.8 Å². The SMILES string of the molecule is C#CC1=C[C-]=C(c2ccc(C#C)cc2)N(C)C1=C.[Y]. The number of hydrogen-bond donors (Lipinski definition) is 0. The van der Waals surface area contributed by atoms with Crippen molar-refractivity contribution in [1.29, 1.82) is 0 Å². The van der Waals surface area contributed by atoms with Crippen LogP contribution in [-0.2, 0) is 32.7 Å².